The number of methoxy groups -OCH3 is 1. The number of carbonyl (C=O) groups excluding carboxylic acids is 1. The van der Waals surface area contributed by atoms with Crippen molar-refractivity contribution in [3.05, 3.63) is 71.0 Å². The Hall–Kier alpha value is -2.81. The molecule has 1 aliphatic heterocycles. The maximum absolute atomic E-state index is 13.9. The molecule has 0 unspecified atom stereocenters. The number of nitrogens with zero attached hydrogens (tertiary/aromatic N) is 4. The molecular weight excluding hydrogens is 439 g/mol. The van der Waals surface area contributed by atoms with Gasteiger partial charge in [-0.15, -0.1) is 11.3 Å². The van der Waals surface area contributed by atoms with Gasteiger partial charge in [0.15, 0.2) is 11.6 Å². The lowest BCUT2D eigenvalue weighted by Crippen LogP contribution is -2.49. The fourth-order valence-electron chi connectivity index (χ4n) is 3.91. The van der Waals surface area contributed by atoms with Gasteiger partial charge in [-0.25, -0.2) is 9.37 Å². The van der Waals surface area contributed by atoms with Gasteiger partial charge in [0.25, 0.3) is 0 Å². The van der Waals surface area contributed by atoms with E-state index in [0.29, 0.717) is 13.1 Å². The van der Waals surface area contributed by atoms with Crippen LogP contribution in [0.2, 0.25) is 0 Å². The number of hydrogen-bond acceptors (Lipinski definition) is 6. The normalized spacial score (nSPS) is 14.9. The van der Waals surface area contributed by atoms with Gasteiger partial charge in [0, 0.05) is 57.3 Å². The van der Waals surface area contributed by atoms with Crippen molar-refractivity contribution in [2.24, 2.45) is 0 Å². The molecule has 0 atom stereocenters. The molecule has 6 nitrogen and oxygen atoms in total. The van der Waals surface area contributed by atoms with Crippen molar-refractivity contribution in [2.75, 3.05) is 46.9 Å². The van der Waals surface area contributed by atoms with Gasteiger partial charge in [0.1, 0.15) is 5.01 Å². The largest absolute Gasteiger partial charge is 0.494 e. The quantitative estimate of drug-likeness (QED) is 0.504. The highest BCUT2D eigenvalue weighted by molar-refractivity contribution is 7.13. The molecule has 0 bridgehead atoms. The number of ether oxygens (including phenoxy) is 1. The number of rotatable bonds is 8. The van der Waals surface area contributed by atoms with Crippen molar-refractivity contribution in [2.45, 2.75) is 13.1 Å². The molecule has 8 heteroatoms. The van der Waals surface area contributed by atoms with Gasteiger partial charge < -0.3 is 9.64 Å². The molecule has 0 saturated carbocycles. The number of aromatic nitrogens is 1. The van der Waals surface area contributed by atoms with Crippen molar-refractivity contribution in [1.29, 1.82) is 0 Å². The summed E-state index contributed by atoms with van der Waals surface area (Å²) < 4.78 is 18.9. The van der Waals surface area contributed by atoms with E-state index >= 15 is 0 Å². The number of piperazine rings is 1. The first-order valence-electron chi connectivity index (χ1n) is 11.0. The lowest BCUT2D eigenvalue weighted by molar-refractivity contribution is -0.132. The van der Waals surface area contributed by atoms with E-state index in [1.807, 2.05) is 18.2 Å². The summed E-state index contributed by atoms with van der Waals surface area (Å²) in [6.07, 6.45) is 0. The molecule has 1 fully saturated rings. The van der Waals surface area contributed by atoms with Crippen molar-refractivity contribution in [1.82, 2.24) is 19.7 Å². The predicted molar refractivity (Wildman–Crippen MR) is 129 cm³/mol. The van der Waals surface area contributed by atoms with Crippen LogP contribution in [-0.4, -0.2) is 72.5 Å². The molecule has 174 valence electrons. The molecule has 33 heavy (non-hydrogen) atoms. The summed E-state index contributed by atoms with van der Waals surface area (Å²) in [7, 11) is 3.19. The van der Waals surface area contributed by atoms with E-state index in [-0.39, 0.29) is 11.7 Å². The molecular formula is C25H29FN4O2S. The number of amides is 1. The molecule has 2 aromatic carbocycles. The maximum Gasteiger partial charge on any atom is 0.236 e. The second-order valence-electron chi connectivity index (χ2n) is 8.28. The molecule has 3 aromatic rings. The Bertz CT molecular complexity index is 1070. The van der Waals surface area contributed by atoms with Gasteiger partial charge in [0.05, 0.1) is 19.3 Å². The minimum absolute atomic E-state index is 0.0340. The summed E-state index contributed by atoms with van der Waals surface area (Å²) in [6, 6.07) is 15.0. The number of benzene rings is 2. The summed E-state index contributed by atoms with van der Waals surface area (Å²) in [5.74, 6) is -0.172. The first kappa shape index (κ1) is 23.4. The van der Waals surface area contributed by atoms with Gasteiger partial charge in [-0.1, -0.05) is 36.4 Å². The third-order valence-electron chi connectivity index (χ3n) is 5.84. The summed E-state index contributed by atoms with van der Waals surface area (Å²) in [6.45, 7) is 5.05. The van der Waals surface area contributed by atoms with E-state index in [1.54, 1.807) is 35.4 Å². The predicted octanol–water partition coefficient (Wildman–Crippen LogP) is 3.73. The van der Waals surface area contributed by atoms with Crippen molar-refractivity contribution >= 4 is 17.2 Å². The maximum atomic E-state index is 13.9. The molecule has 2 heterocycles. The van der Waals surface area contributed by atoms with E-state index in [2.05, 4.69) is 27.3 Å². The summed E-state index contributed by atoms with van der Waals surface area (Å²) in [4.78, 5) is 23.7. The van der Waals surface area contributed by atoms with Crippen LogP contribution in [0, 0.1) is 5.82 Å². The number of likely N-dealkylation sites (N-methyl/N-ethyl adjacent to an activating group) is 1. The zero-order valence-corrected chi connectivity index (χ0v) is 19.9. The minimum atomic E-state index is -0.414. The monoisotopic (exact) mass is 468 g/mol. The SMILES string of the molecule is COc1ccc(CN(C)C(=O)CN2CCN(Cc3csc(-c4ccccc4)n3)CC2)cc1F. The number of hydrogen-bond donors (Lipinski definition) is 0. The lowest BCUT2D eigenvalue weighted by Gasteiger charge is -2.34. The standard InChI is InChI=1S/C25H29FN4O2S/c1-28(15-19-8-9-23(32-2)22(26)14-19)24(31)17-30-12-10-29(11-13-30)16-21-18-33-25(27-21)20-6-4-3-5-7-20/h3-9,14,18H,10-13,15-17H2,1-2H3. The first-order chi connectivity index (χ1) is 16.0. The Balaban J connectivity index is 1.22. The van der Waals surface area contributed by atoms with Crippen LogP contribution in [0.3, 0.4) is 0 Å². The van der Waals surface area contributed by atoms with Crippen LogP contribution in [0.4, 0.5) is 4.39 Å². The van der Waals surface area contributed by atoms with Crippen molar-refractivity contribution in [3.8, 4) is 16.3 Å². The molecule has 4 rings (SSSR count). The molecule has 0 aliphatic carbocycles. The lowest BCUT2D eigenvalue weighted by atomic mass is 10.2. The second-order valence-corrected chi connectivity index (χ2v) is 9.14. The third-order valence-corrected chi connectivity index (χ3v) is 6.78. The van der Waals surface area contributed by atoms with Gasteiger partial charge in [-0.3, -0.25) is 14.6 Å². The van der Waals surface area contributed by atoms with Gasteiger partial charge in [-0.2, -0.15) is 0 Å². The molecule has 1 saturated heterocycles. The van der Waals surface area contributed by atoms with Crippen LogP contribution in [0.5, 0.6) is 5.75 Å². The van der Waals surface area contributed by atoms with Gasteiger partial charge in [0.2, 0.25) is 5.91 Å². The van der Waals surface area contributed by atoms with Crippen LogP contribution in [0.1, 0.15) is 11.3 Å². The number of halogens is 1. The molecule has 0 spiro atoms. The van der Waals surface area contributed by atoms with E-state index in [9.17, 15) is 9.18 Å². The minimum Gasteiger partial charge on any atom is -0.494 e. The van der Waals surface area contributed by atoms with Crippen LogP contribution < -0.4 is 4.74 Å². The van der Waals surface area contributed by atoms with Gasteiger partial charge >= 0.3 is 0 Å². The third kappa shape index (κ3) is 6.16. The molecule has 0 N–H and O–H groups in total. The highest BCUT2D eigenvalue weighted by atomic mass is 32.1. The Kier molecular flexibility index (Phi) is 7.69. The second kappa shape index (κ2) is 10.9. The number of carbonyl (C=O) groups is 1. The number of thiazole rings is 1. The highest BCUT2D eigenvalue weighted by Crippen LogP contribution is 2.24. The Morgan fingerprint density at radius 2 is 1.85 bits per heavy atom. The topological polar surface area (TPSA) is 48.9 Å². The molecule has 0 radical (unpaired) electrons. The zero-order chi connectivity index (χ0) is 23.2. The van der Waals surface area contributed by atoms with Crippen LogP contribution in [0.25, 0.3) is 10.6 Å². The fourth-order valence-corrected chi connectivity index (χ4v) is 4.73. The molecule has 1 amide bonds. The first-order valence-corrected chi connectivity index (χ1v) is 11.9. The summed E-state index contributed by atoms with van der Waals surface area (Å²) >= 11 is 1.68. The summed E-state index contributed by atoms with van der Waals surface area (Å²) in [5.41, 5.74) is 2.99. The van der Waals surface area contributed by atoms with Crippen LogP contribution >= 0.6 is 11.3 Å². The highest BCUT2D eigenvalue weighted by Gasteiger charge is 2.21. The van der Waals surface area contributed by atoms with E-state index in [0.717, 1.165) is 54.6 Å². The van der Waals surface area contributed by atoms with Gasteiger partial charge in [-0.05, 0) is 17.7 Å². The molecule has 1 aromatic heterocycles. The Morgan fingerprint density at radius 1 is 1.12 bits per heavy atom. The fraction of sp³-hybridized carbons (Fsp3) is 0.360. The zero-order valence-electron chi connectivity index (χ0n) is 19.0. The summed E-state index contributed by atoms with van der Waals surface area (Å²) in [5, 5.41) is 3.18. The Labute approximate surface area is 198 Å². The average molecular weight is 469 g/mol. The average Bonchev–Trinajstić information content (AvgIpc) is 3.29. The van der Waals surface area contributed by atoms with E-state index in [4.69, 9.17) is 9.72 Å². The smallest absolute Gasteiger partial charge is 0.236 e. The van der Waals surface area contributed by atoms with Crippen LogP contribution in [0.15, 0.2) is 53.9 Å². The molecule has 1 aliphatic rings. The van der Waals surface area contributed by atoms with E-state index < -0.39 is 5.82 Å². The van der Waals surface area contributed by atoms with Crippen LogP contribution in [-0.2, 0) is 17.9 Å². The van der Waals surface area contributed by atoms with Crippen molar-refractivity contribution in [3.63, 3.8) is 0 Å². The van der Waals surface area contributed by atoms with Crippen molar-refractivity contribution < 1.29 is 13.9 Å². The van der Waals surface area contributed by atoms with E-state index in [1.165, 1.54) is 13.2 Å². The Morgan fingerprint density at radius 3 is 2.55 bits per heavy atom.